The number of allylic oxidation sites excluding steroid dienone is 1. The van der Waals surface area contributed by atoms with Crippen LogP contribution < -0.4 is 5.32 Å². The van der Waals surface area contributed by atoms with Crippen molar-refractivity contribution in [1.82, 2.24) is 5.32 Å². The number of nitrogens with one attached hydrogen (secondary N) is 1. The summed E-state index contributed by atoms with van der Waals surface area (Å²) in [4.78, 5) is 12.5. The third-order valence-corrected chi connectivity index (χ3v) is 8.35. The molecular weight excluding hydrogens is 526 g/mol. The Morgan fingerprint density at radius 1 is 0.675 bits per heavy atom. The Hall–Kier alpha value is -0.960. The predicted octanol–water partition coefficient (Wildman–Crippen LogP) is 7.65. The van der Waals surface area contributed by atoms with Crippen molar-refractivity contribution in [1.29, 1.82) is 0 Å². The van der Waals surface area contributed by atoms with E-state index in [2.05, 4.69) is 19.2 Å². The standard InChI is InChI=1S/C32H63NO6S/c1-3-5-7-9-11-13-14-15-16-17-19-21-23-25-27-31(35)32(36)33-29(28-40(37,38)39)30(34)26-24-22-20-18-12-10-8-6-4-2/h24,26,29-31,34-35H,3-23,25,27-28H2,1-2H3,(H,33,36)(H,37,38,39)/b26-24+. The highest BCUT2D eigenvalue weighted by molar-refractivity contribution is 7.85. The lowest BCUT2D eigenvalue weighted by Gasteiger charge is -2.22. The highest BCUT2D eigenvalue weighted by Crippen LogP contribution is 2.14. The Kier molecular flexibility index (Phi) is 26.3. The van der Waals surface area contributed by atoms with Crippen LogP contribution in [-0.2, 0) is 14.9 Å². The Morgan fingerprint density at radius 3 is 1.50 bits per heavy atom. The SMILES string of the molecule is CCCCCCCCC/C=C/C(O)C(CS(=O)(=O)O)NC(=O)C(O)CCCCCCCCCCCCCCCC. The molecule has 0 saturated carbocycles. The molecule has 0 aromatic rings. The largest absolute Gasteiger partial charge is 0.387 e. The average molecular weight is 590 g/mol. The van der Waals surface area contributed by atoms with Crippen LogP contribution in [0.1, 0.15) is 162 Å². The van der Waals surface area contributed by atoms with E-state index in [1.54, 1.807) is 6.08 Å². The maximum absolute atomic E-state index is 12.5. The van der Waals surface area contributed by atoms with Gasteiger partial charge in [0.25, 0.3) is 10.1 Å². The fourth-order valence-electron chi connectivity index (χ4n) is 4.98. The molecule has 0 fully saturated rings. The van der Waals surface area contributed by atoms with Gasteiger partial charge in [0.2, 0.25) is 5.91 Å². The number of aliphatic hydroxyl groups excluding tert-OH is 2. The molecule has 238 valence electrons. The smallest absolute Gasteiger partial charge is 0.267 e. The monoisotopic (exact) mass is 589 g/mol. The molecule has 0 bridgehead atoms. The number of unbranched alkanes of at least 4 members (excludes halogenated alkanes) is 20. The maximum Gasteiger partial charge on any atom is 0.267 e. The molecule has 0 aliphatic rings. The summed E-state index contributed by atoms with van der Waals surface area (Å²) in [6.07, 6.45) is 27.0. The molecule has 8 heteroatoms. The number of rotatable bonds is 29. The third kappa shape index (κ3) is 26.0. The molecule has 0 spiro atoms. The van der Waals surface area contributed by atoms with Crippen molar-refractivity contribution in [2.45, 2.75) is 180 Å². The summed E-state index contributed by atoms with van der Waals surface area (Å²) in [5.74, 6) is -1.53. The Morgan fingerprint density at radius 2 is 1.07 bits per heavy atom. The molecule has 0 aromatic carbocycles. The Bertz CT molecular complexity index is 712. The van der Waals surface area contributed by atoms with Crippen molar-refractivity contribution in [3.8, 4) is 0 Å². The number of aliphatic hydroxyl groups is 2. The summed E-state index contributed by atoms with van der Waals surface area (Å²) in [6, 6.07) is -1.22. The Labute approximate surface area is 246 Å². The van der Waals surface area contributed by atoms with Gasteiger partial charge >= 0.3 is 0 Å². The van der Waals surface area contributed by atoms with Crippen LogP contribution in [0, 0.1) is 0 Å². The fourth-order valence-corrected chi connectivity index (χ4v) is 5.72. The van der Waals surface area contributed by atoms with Crippen molar-refractivity contribution in [3.05, 3.63) is 12.2 Å². The normalized spacial score (nSPS) is 14.4. The van der Waals surface area contributed by atoms with Gasteiger partial charge in [-0.15, -0.1) is 0 Å². The summed E-state index contributed by atoms with van der Waals surface area (Å²) < 4.78 is 32.2. The van der Waals surface area contributed by atoms with Gasteiger partial charge in [0.15, 0.2) is 0 Å². The molecule has 40 heavy (non-hydrogen) atoms. The Balaban J connectivity index is 4.14. The van der Waals surface area contributed by atoms with E-state index in [1.807, 2.05) is 0 Å². The van der Waals surface area contributed by atoms with E-state index < -0.39 is 40.0 Å². The zero-order valence-electron chi connectivity index (χ0n) is 25.8. The van der Waals surface area contributed by atoms with E-state index in [9.17, 15) is 28.0 Å². The topological polar surface area (TPSA) is 124 Å². The van der Waals surface area contributed by atoms with Crippen LogP contribution in [0.3, 0.4) is 0 Å². The van der Waals surface area contributed by atoms with Crippen molar-refractivity contribution >= 4 is 16.0 Å². The van der Waals surface area contributed by atoms with Crippen molar-refractivity contribution in [2.75, 3.05) is 5.75 Å². The number of carbonyl (C=O) groups is 1. The lowest BCUT2D eigenvalue weighted by Crippen LogP contribution is -2.50. The molecule has 3 unspecified atom stereocenters. The van der Waals surface area contributed by atoms with Crippen LogP contribution in [0.25, 0.3) is 0 Å². The lowest BCUT2D eigenvalue weighted by atomic mass is 10.0. The molecule has 0 rings (SSSR count). The zero-order valence-corrected chi connectivity index (χ0v) is 26.6. The van der Waals surface area contributed by atoms with E-state index in [1.165, 1.54) is 102 Å². The average Bonchev–Trinajstić information content (AvgIpc) is 2.90. The van der Waals surface area contributed by atoms with Crippen LogP contribution in [0.5, 0.6) is 0 Å². The third-order valence-electron chi connectivity index (χ3n) is 7.57. The first-order valence-corrected chi connectivity index (χ1v) is 18.1. The van der Waals surface area contributed by atoms with Gasteiger partial charge in [-0.3, -0.25) is 9.35 Å². The first kappa shape index (κ1) is 39.0. The molecule has 4 N–H and O–H groups in total. The van der Waals surface area contributed by atoms with E-state index in [4.69, 9.17) is 0 Å². The molecule has 7 nitrogen and oxygen atoms in total. The minimum Gasteiger partial charge on any atom is -0.387 e. The molecule has 1 amide bonds. The molecule has 0 aromatic heterocycles. The molecule has 0 aliphatic carbocycles. The van der Waals surface area contributed by atoms with Crippen molar-refractivity contribution in [3.63, 3.8) is 0 Å². The molecule has 0 heterocycles. The highest BCUT2D eigenvalue weighted by atomic mass is 32.2. The van der Waals surface area contributed by atoms with Gasteiger partial charge in [0.1, 0.15) is 6.10 Å². The summed E-state index contributed by atoms with van der Waals surface area (Å²) in [7, 11) is -4.42. The second-order valence-electron chi connectivity index (χ2n) is 11.6. The van der Waals surface area contributed by atoms with E-state index in [0.29, 0.717) is 6.42 Å². The van der Waals surface area contributed by atoms with Gasteiger partial charge in [-0.2, -0.15) is 8.42 Å². The van der Waals surface area contributed by atoms with E-state index in [-0.39, 0.29) is 6.42 Å². The summed E-state index contributed by atoms with van der Waals surface area (Å²) in [5, 5.41) is 23.1. The summed E-state index contributed by atoms with van der Waals surface area (Å²) >= 11 is 0. The predicted molar refractivity (Wildman–Crippen MR) is 167 cm³/mol. The number of amides is 1. The van der Waals surface area contributed by atoms with Crippen LogP contribution in [-0.4, -0.2) is 53.1 Å². The second kappa shape index (κ2) is 26.9. The first-order valence-electron chi connectivity index (χ1n) is 16.5. The molecule has 0 saturated heterocycles. The first-order chi connectivity index (χ1) is 19.2. The number of hydrogen-bond acceptors (Lipinski definition) is 5. The molecule has 0 aliphatic heterocycles. The summed E-state index contributed by atoms with van der Waals surface area (Å²) in [6.45, 7) is 4.44. The van der Waals surface area contributed by atoms with Crippen LogP contribution >= 0.6 is 0 Å². The van der Waals surface area contributed by atoms with Gasteiger partial charge in [-0.1, -0.05) is 154 Å². The highest BCUT2D eigenvalue weighted by Gasteiger charge is 2.27. The zero-order chi connectivity index (χ0) is 29.9. The van der Waals surface area contributed by atoms with Crippen molar-refractivity contribution in [2.24, 2.45) is 0 Å². The van der Waals surface area contributed by atoms with Crippen LogP contribution in [0.4, 0.5) is 0 Å². The van der Waals surface area contributed by atoms with Crippen LogP contribution in [0.15, 0.2) is 12.2 Å². The van der Waals surface area contributed by atoms with Gasteiger partial charge < -0.3 is 15.5 Å². The molecule has 3 atom stereocenters. The molecular formula is C32H63NO6S. The minimum atomic E-state index is -4.42. The van der Waals surface area contributed by atoms with Gasteiger partial charge in [0, 0.05) is 0 Å². The van der Waals surface area contributed by atoms with Crippen LogP contribution in [0.2, 0.25) is 0 Å². The minimum absolute atomic E-state index is 0.284. The van der Waals surface area contributed by atoms with Gasteiger partial charge in [-0.05, 0) is 19.3 Å². The fraction of sp³-hybridized carbons (Fsp3) is 0.906. The van der Waals surface area contributed by atoms with Crippen molar-refractivity contribution < 1.29 is 28.0 Å². The second-order valence-corrected chi connectivity index (χ2v) is 13.1. The number of carbonyl (C=O) groups excluding carboxylic acids is 1. The van der Waals surface area contributed by atoms with Gasteiger partial charge in [-0.25, -0.2) is 0 Å². The summed E-state index contributed by atoms with van der Waals surface area (Å²) in [5.41, 5.74) is 0. The van der Waals surface area contributed by atoms with E-state index in [0.717, 1.165) is 38.5 Å². The van der Waals surface area contributed by atoms with Gasteiger partial charge in [0.05, 0.1) is 17.9 Å². The quantitative estimate of drug-likeness (QED) is 0.0404. The lowest BCUT2D eigenvalue weighted by molar-refractivity contribution is -0.130. The van der Waals surface area contributed by atoms with E-state index >= 15 is 0 Å². The number of hydrogen-bond donors (Lipinski definition) is 4. The maximum atomic E-state index is 12.5. The molecule has 0 radical (unpaired) electrons.